The number of ether oxygens (including phenoxy) is 4. The van der Waals surface area contributed by atoms with Gasteiger partial charge in [-0.15, -0.1) is 0 Å². The SMILES string of the molecule is CO[C@@H]1O[C@H](COCc2ccccc2)C[C@@H]1N1CCOCC1. The number of nitrogens with zero attached hydrogens (tertiary/aromatic N) is 1. The standard InChI is InChI=1S/C17H25NO4/c1-19-17-16(18-7-9-20-10-8-18)11-15(22-17)13-21-12-14-5-3-2-4-6-14/h2-6,15-17H,7-13H2,1H3/t15-,16-,17+/m0/s1. The van der Waals surface area contributed by atoms with Gasteiger partial charge in [0.2, 0.25) is 0 Å². The highest BCUT2D eigenvalue weighted by atomic mass is 16.7. The maximum Gasteiger partial charge on any atom is 0.173 e. The zero-order valence-electron chi connectivity index (χ0n) is 13.1. The summed E-state index contributed by atoms with van der Waals surface area (Å²) >= 11 is 0. The summed E-state index contributed by atoms with van der Waals surface area (Å²) in [7, 11) is 1.71. The molecule has 2 fully saturated rings. The second-order valence-corrected chi connectivity index (χ2v) is 5.81. The third kappa shape index (κ3) is 4.06. The highest BCUT2D eigenvalue weighted by Gasteiger charge is 2.39. The highest BCUT2D eigenvalue weighted by Crippen LogP contribution is 2.26. The fourth-order valence-electron chi connectivity index (χ4n) is 3.15. The quantitative estimate of drug-likeness (QED) is 0.799. The molecule has 1 aromatic rings. The van der Waals surface area contributed by atoms with Gasteiger partial charge in [-0.3, -0.25) is 4.90 Å². The summed E-state index contributed by atoms with van der Waals surface area (Å²) < 4.78 is 22.7. The van der Waals surface area contributed by atoms with Crippen molar-refractivity contribution in [3.05, 3.63) is 35.9 Å². The lowest BCUT2D eigenvalue weighted by Crippen LogP contribution is -2.47. The Balaban J connectivity index is 1.46. The van der Waals surface area contributed by atoms with Crippen LogP contribution in [0.3, 0.4) is 0 Å². The maximum absolute atomic E-state index is 5.98. The molecule has 5 nitrogen and oxygen atoms in total. The average molecular weight is 307 g/mol. The minimum atomic E-state index is -0.163. The monoisotopic (exact) mass is 307 g/mol. The fourth-order valence-corrected chi connectivity index (χ4v) is 3.15. The molecule has 3 atom stereocenters. The fraction of sp³-hybridized carbons (Fsp3) is 0.647. The molecule has 1 aromatic carbocycles. The van der Waals surface area contributed by atoms with Crippen LogP contribution in [0.25, 0.3) is 0 Å². The molecule has 0 N–H and O–H groups in total. The molecule has 0 spiro atoms. The van der Waals surface area contributed by atoms with Gasteiger partial charge >= 0.3 is 0 Å². The van der Waals surface area contributed by atoms with Crippen LogP contribution in [0.1, 0.15) is 12.0 Å². The molecular formula is C17H25NO4. The van der Waals surface area contributed by atoms with Crippen molar-refractivity contribution >= 4 is 0 Å². The summed E-state index contributed by atoms with van der Waals surface area (Å²) in [4.78, 5) is 2.41. The molecule has 22 heavy (non-hydrogen) atoms. The van der Waals surface area contributed by atoms with E-state index in [2.05, 4.69) is 17.0 Å². The van der Waals surface area contributed by atoms with Crippen molar-refractivity contribution in [3.8, 4) is 0 Å². The van der Waals surface area contributed by atoms with Crippen LogP contribution in [0.5, 0.6) is 0 Å². The summed E-state index contributed by atoms with van der Waals surface area (Å²) in [5, 5.41) is 0. The molecule has 0 bridgehead atoms. The van der Waals surface area contributed by atoms with E-state index in [4.69, 9.17) is 18.9 Å². The second-order valence-electron chi connectivity index (χ2n) is 5.81. The molecule has 0 radical (unpaired) electrons. The number of hydrogen-bond donors (Lipinski definition) is 0. The first-order chi connectivity index (χ1) is 10.9. The van der Waals surface area contributed by atoms with E-state index in [0.29, 0.717) is 19.3 Å². The summed E-state index contributed by atoms with van der Waals surface area (Å²) in [5.41, 5.74) is 1.19. The van der Waals surface area contributed by atoms with Gasteiger partial charge in [0, 0.05) is 20.2 Å². The van der Waals surface area contributed by atoms with E-state index in [9.17, 15) is 0 Å². The molecule has 2 aliphatic rings. The van der Waals surface area contributed by atoms with Crippen LogP contribution in [0.4, 0.5) is 0 Å². The summed E-state index contributed by atoms with van der Waals surface area (Å²) in [5.74, 6) is 0. The number of methoxy groups -OCH3 is 1. The Morgan fingerprint density at radius 2 is 1.95 bits per heavy atom. The number of rotatable bonds is 6. The number of morpholine rings is 1. The van der Waals surface area contributed by atoms with E-state index in [1.165, 1.54) is 5.56 Å². The zero-order valence-corrected chi connectivity index (χ0v) is 13.1. The van der Waals surface area contributed by atoms with Crippen molar-refractivity contribution in [1.29, 1.82) is 0 Å². The van der Waals surface area contributed by atoms with Crippen LogP contribution >= 0.6 is 0 Å². The van der Waals surface area contributed by atoms with Crippen LogP contribution in [0.2, 0.25) is 0 Å². The van der Waals surface area contributed by atoms with Crippen LogP contribution < -0.4 is 0 Å². The topological polar surface area (TPSA) is 40.2 Å². The molecule has 122 valence electrons. The first kappa shape index (κ1) is 15.9. The van der Waals surface area contributed by atoms with E-state index >= 15 is 0 Å². The molecule has 3 rings (SSSR count). The van der Waals surface area contributed by atoms with Gasteiger partial charge in [0.05, 0.1) is 38.6 Å². The van der Waals surface area contributed by atoms with Crippen molar-refractivity contribution in [1.82, 2.24) is 4.90 Å². The third-order valence-electron chi connectivity index (χ3n) is 4.31. The van der Waals surface area contributed by atoms with E-state index < -0.39 is 0 Å². The molecule has 0 aromatic heterocycles. The summed E-state index contributed by atoms with van der Waals surface area (Å²) in [6.07, 6.45) is 0.887. The van der Waals surface area contributed by atoms with Crippen molar-refractivity contribution in [2.24, 2.45) is 0 Å². The Morgan fingerprint density at radius 3 is 2.68 bits per heavy atom. The lowest BCUT2D eigenvalue weighted by molar-refractivity contribution is -0.152. The molecule has 5 heteroatoms. The summed E-state index contributed by atoms with van der Waals surface area (Å²) in [6, 6.07) is 10.5. The van der Waals surface area contributed by atoms with E-state index in [0.717, 1.165) is 32.7 Å². The maximum atomic E-state index is 5.98. The van der Waals surface area contributed by atoms with Gasteiger partial charge in [-0.2, -0.15) is 0 Å². The second kappa shape index (κ2) is 8.04. The Kier molecular flexibility index (Phi) is 5.81. The van der Waals surface area contributed by atoms with E-state index in [1.807, 2.05) is 18.2 Å². The van der Waals surface area contributed by atoms with Crippen molar-refractivity contribution in [3.63, 3.8) is 0 Å². The first-order valence-electron chi connectivity index (χ1n) is 7.98. The Hall–Kier alpha value is -0.980. The Morgan fingerprint density at radius 1 is 1.18 bits per heavy atom. The molecule has 2 heterocycles. The number of hydrogen-bond acceptors (Lipinski definition) is 5. The van der Waals surface area contributed by atoms with Crippen LogP contribution in [0.15, 0.2) is 30.3 Å². The largest absolute Gasteiger partial charge is 0.379 e. The Bertz CT molecular complexity index is 436. The van der Waals surface area contributed by atoms with Gasteiger partial charge in [0.25, 0.3) is 0 Å². The first-order valence-corrected chi connectivity index (χ1v) is 7.98. The molecule has 0 unspecified atom stereocenters. The van der Waals surface area contributed by atoms with Crippen molar-refractivity contribution < 1.29 is 18.9 Å². The normalized spacial score (nSPS) is 29.8. The van der Waals surface area contributed by atoms with Gasteiger partial charge in [-0.25, -0.2) is 0 Å². The molecule has 0 saturated carbocycles. The lowest BCUT2D eigenvalue weighted by atomic mass is 10.1. The molecular weight excluding hydrogens is 282 g/mol. The van der Waals surface area contributed by atoms with E-state index in [-0.39, 0.29) is 12.4 Å². The highest BCUT2D eigenvalue weighted by molar-refractivity contribution is 5.13. The summed E-state index contributed by atoms with van der Waals surface area (Å²) in [6.45, 7) is 4.72. The van der Waals surface area contributed by atoms with Gasteiger partial charge < -0.3 is 18.9 Å². The van der Waals surface area contributed by atoms with Gasteiger partial charge in [-0.1, -0.05) is 30.3 Å². The van der Waals surface area contributed by atoms with Crippen molar-refractivity contribution in [2.75, 3.05) is 40.0 Å². The zero-order chi connectivity index (χ0) is 15.2. The predicted molar refractivity (Wildman–Crippen MR) is 82.6 cm³/mol. The molecule has 0 amide bonds. The van der Waals surface area contributed by atoms with Gasteiger partial charge in [0.15, 0.2) is 6.29 Å². The molecule has 2 aliphatic heterocycles. The molecule has 2 saturated heterocycles. The lowest BCUT2D eigenvalue weighted by Gasteiger charge is -2.33. The van der Waals surface area contributed by atoms with Crippen LogP contribution in [-0.2, 0) is 25.6 Å². The Labute approximate surface area is 132 Å². The van der Waals surface area contributed by atoms with Gasteiger partial charge in [0.1, 0.15) is 0 Å². The third-order valence-corrected chi connectivity index (χ3v) is 4.31. The average Bonchev–Trinajstić information content (AvgIpc) is 3.00. The van der Waals surface area contributed by atoms with Crippen LogP contribution in [-0.4, -0.2) is 63.4 Å². The predicted octanol–water partition coefficient (Wildman–Crippen LogP) is 1.67. The minimum absolute atomic E-state index is 0.0986. The van der Waals surface area contributed by atoms with Crippen LogP contribution in [0, 0.1) is 0 Å². The van der Waals surface area contributed by atoms with Gasteiger partial charge in [-0.05, 0) is 12.0 Å². The van der Waals surface area contributed by atoms with Crippen molar-refractivity contribution in [2.45, 2.75) is 31.5 Å². The smallest absolute Gasteiger partial charge is 0.173 e. The molecule has 0 aliphatic carbocycles. The number of benzene rings is 1. The minimum Gasteiger partial charge on any atom is -0.379 e. The van der Waals surface area contributed by atoms with E-state index in [1.54, 1.807) is 7.11 Å².